The van der Waals surface area contributed by atoms with Gasteiger partial charge in [0.05, 0.1) is 0 Å². The molecule has 0 bridgehead atoms. The number of aliphatic carboxylic acids is 1. The summed E-state index contributed by atoms with van der Waals surface area (Å²) in [5, 5.41) is 8.96. The fraction of sp³-hybridized carbons (Fsp3) is 0.0714. The fourth-order valence-electron chi connectivity index (χ4n) is 1.83. The highest BCUT2D eigenvalue weighted by Gasteiger charge is 2.19. The number of halogens is 1. The lowest BCUT2D eigenvalue weighted by Gasteiger charge is -2.13. The first-order valence-electron chi connectivity index (χ1n) is 5.43. The van der Waals surface area contributed by atoms with Crippen LogP contribution in [0.4, 0.5) is 4.39 Å². The number of hydrogen-bond acceptors (Lipinski definition) is 2. The van der Waals surface area contributed by atoms with Gasteiger partial charge in [0.1, 0.15) is 11.9 Å². The molecule has 0 aliphatic rings. The second-order valence-electron chi connectivity index (χ2n) is 3.88. The molecule has 0 aromatic heterocycles. The Hall–Kier alpha value is -2.20. The summed E-state index contributed by atoms with van der Waals surface area (Å²) in [4.78, 5) is 10.9. The van der Waals surface area contributed by atoms with Crippen molar-refractivity contribution in [2.45, 2.75) is 6.04 Å². The van der Waals surface area contributed by atoms with E-state index in [2.05, 4.69) is 0 Å². The molecule has 2 aromatic rings. The molecule has 0 spiro atoms. The van der Waals surface area contributed by atoms with E-state index in [1.54, 1.807) is 42.5 Å². The molecule has 1 unspecified atom stereocenters. The summed E-state index contributed by atoms with van der Waals surface area (Å²) < 4.78 is 13.7. The molecule has 2 aromatic carbocycles. The molecule has 18 heavy (non-hydrogen) atoms. The first kappa shape index (κ1) is 12.3. The highest BCUT2D eigenvalue weighted by Crippen LogP contribution is 2.29. The Kier molecular flexibility index (Phi) is 3.39. The lowest BCUT2D eigenvalue weighted by atomic mass is 9.95. The van der Waals surface area contributed by atoms with Crippen molar-refractivity contribution in [1.82, 2.24) is 0 Å². The molecule has 0 amide bonds. The normalized spacial score (nSPS) is 12.1. The molecule has 3 N–H and O–H groups in total. The Morgan fingerprint density at radius 1 is 1.06 bits per heavy atom. The topological polar surface area (TPSA) is 63.3 Å². The highest BCUT2D eigenvalue weighted by atomic mass is 19.1. The number of benzene rings is 2. The minimum Gasteiger partial charge on any atom is -0.480 e. The van der Waals surface area contributed by atoms with E-state index in [0.29, 0.717) is 16.7 Å². The number of hydrogen-bond donors (Lipinski definition) is 2. The van der Waals surface area contributed by atoms with E-state index >= 15 is 0 Å². The average Bonchev–Trinajstić information content (AvgIpc) is 2.38. The quantitative estimate of drug-likeness (QED) is 0.873. The minimum absolute atomic E-state index is 0.352. The summed E-state index contributed by atoms with van der Waals surface area (Å²) in [7, 11) is 0. The molecule has 1 atom stereocenters. The molecule has 0 aliphatic carbocycles. The Labute approximate surface area is 104 Å². The Morgan fingerprint density at radius 2 is 1.61 bits per heavy atom. The van der Waals surface area contributed by atoms with Gasteiger partial charge in [-0.2, -0.15) is 0 Å². The third-order valence-corrected chi connectivity index (χ3v) is 2.73. The van der Waals surface area contributed by atoms with Gasteiger partial charge in [0.15, 0.2) is 0 Å². The number of rotatable bonds is 3. The van der Waals surface area contributed by atoms with E-state index in [0.717, 1.165) is 0 Å². The molecule has 92 valence electrons. The van der Waals surface area contributed by atoms with E-state index in [4.69, 9.17) is 10.8 Å². The number of nitrogens with two attached hydrogens (primary N) is 1. The zero-order valence-electron chi connectivity index (χ0n) is 9.51. The van der Waals surface area contributed by atoms with Crippen molar-refractivity contribution >= 4 is 5.97 Å². The Balaban J connectivity index is 2.59. The Morgan fingerprint density at radius 3 is 2.22 bits per heavy atom. The first-order valence-corrected chi connectivity index (χ1v) is 5.43. The van der Waals surface area contributed by atoms with E-state index in [-0.39, 0.29) is 0 Å². The van der Waals surface area contributed by atoms with E-state index in [1.807, 2.05) is 0 Å². The monoisotopic (exact) mass is 245 g/mol. The van der Waals surface area contributed by atoms with Crippen LogP contribution in [0.1, 0.15) is 11.6 Å². The van der Waals surface area contributed by atoms with E-state index in [1.165, 1.54) is 6.07 Å². The number of carbonyl (C=O) groups is 1. The van der Waals surface area contributed by atoms with Crippen LogP contribution in [-0.2, 0) is 4.79 Å². The summed E-state index contributed by atoms with van der Waals surface area (Å²) >= 11 is 0. The van der Waals surface area contributed by atoms with Gasteiger partial charge in [-0.3, -0.25) is 4.79 Å². The second-order valence-corrected chi connectivity index (χ2v) is 3.88. The zero-order chi connectivity index (χ0) is 13.1. The maximum Gasteiger partial charge on any atom is 0.325 e. The van der Waals surface area contributed by atoms with Gasteiger partial charge in [0.25, 0.3) is 0 Å². The van der Waals surface area contributed by atoms with Crippen molar-refractivity contribution in [2.24, 2.45) is 5.73 Å². The summed E-state index contributed by atoms with van der Waals surface area (Å²) in [5.74, 6) is -1.54. The van der Waals surface area contributed by atoms with Crippen molar-refractivity contribution in [3.63, 3.8) is 0 Å². The molecule has 0 radical (unpaired) electrons. The average molecular weight is 245 g/mol. The van der Waals surface area contributed by atoms with Crippen molar-refractivity contribution in [3.05, 3.63) is 59.9 Å². The standard InChI is InChI=1S/C14H12FNO2/c15-12-8-4-3-6-10(12)9-5-1-2-7-11(9)13(16)14(17)18/h1-8,13H,16H2,(H,17,18). The van der Waals surface area contributed by atoms with Crippen LogP contribution in [0.2, 0.25) is 0 Å². The van der Waals surface area contributed by atoms with Crippen molar-refractivity contribution in [1.29, 1.82) is 0 Å². The first-order chi connectivity index (χ1) is 8.61. The fourth-order valence-corrected chi connectivity index (χ4v) is 1.83. The largest absolute Gasteiger partial charge is 0.480 e. The van der Waals surface area contributed by atoms with Crippen LogP contribution in [-0.4, -0.2) is 11.1 Å². The maximum atomic E-state index is 13.7. The van der Waals surface area contributed by atoms with Crippen LogP contribution in [0.3, 0.4) is 0 Å². The molecule has 0 aliphatic heterocycles. The van der Waals surface area contributed by atoms with Crippen molar-refractivity contribution in [3.8, 4) is 11.1 Å². The predicted molar refractivity (Wildman–Crippen MR) is 66.4 cm³/mol. The molecule has 4 heteroatoms. The predicted octanol–water partition coefficient (Wildman–Crippen LogP) is 2.58. The van der Waals surface area contributed by atoms with Gasteiger partial charge in [0.2, 0.25) is 0 Å². The lowest BCUT2D eigenvalue weighted by Crippen LogP contribution is -2.21. The number of carboxylic acids is 1. The van der Waals surface area contributed by atoms with Gasteiger partial charge in [-0.1, -0.05) is 42.5 Å². The molecule has 0 heterocycles. The molecule has 0 saturated heterocycles. The van der Waals surface area contributed by atoms with Crippen molar-refractivity contribution < 1.29 is 14.3 Å². The van der Waals surface area contributed by atoms with Crippen LogP contribution in [0.15, 0.2) is 48.5 Å². The molecule has 2 rings (SSSR count). The van der Waals surface area contributed by atoms with Gasteiger partial charge in [-0.05, 0) is 17.2 Å². The zero-order valence-corrected chi connectivity index (χ0v) is 9.51. The summed E-state index contributed by atoms with van der Waals surface area (Å²) in [5.41, 5.74) is 6.86. The maximum absolute atomic E-state index is 13.7. The van der Waals surface area contributed by atoms with Crippen LogP contribution < -0.4 is 5.73 Å². The minimum atomic E-state index is -1.17. The van der Waals surface area contributed by atoms with Gasteiger partial charge in [-0.25, -0.2) is 4.39 Å². The molecule has 0 saturated carbocycles. The molecular formula is C14H12FNO2. The summed E-state index contributed by atoms with van der Waals surface area (Å²) in [6, 6.07) is 11.7. The van der Waals surface area contributed by atoms with Crippen LogP contribution in [0.5, 0.6) is 0 Å². The SMILES string of the molecule is NC(C(=O)O)c1ccccc1-c1ccccc1F. The van der Waals surface area contributed by atoms with Crippen LogP contribution in [0.25, 0.3) is 11.1 Å². The Bertz CT molecular complexity index is 584. The third-order valence-electron chi connectivity index (χ3n) is 2.73. The lowest BCUT2D eigenvalue weighted by molar-refractivity contribution is -0.138. The van der Waals surface area contributed by atoms with E-state index < -0.39 is 17.8 Å². The van der Waals surface area contributed by atoms with E-state index in [9.17, 15) is 9.18 Å². The summed E-state index contributed by atoms with van der Waals surface area (Å²) in [6.07, 6.45) is 0. The van der Waals surface area contributed by atoms with Gasteiger partial charge in [0, 0.05) is 5.56 Å². The molecule has 0 fully saturated rings. The van der Waals surface area contributed by atoms with Gasteiger partial charge < -0.3 is 10.8 Å². The highest BCUT2D eigenvalue weighted by molar-refractivity contribution is 5.80. The number of carboxylic acid groups (broad SMARTS) is 1. The smallest absolute Gasteiger partial charge is 0.325 e. The second kappa shape index (κ2) is 4.98. The summed E-state index contributed by atoms with van der Waals surface area (Å²) in [6.45, 7) is 0. The van der Waals surface area contributed by atoms with Gasteiger partial charge in [-0.15, -0.1) is 0 Å². The third kappa shape index (κ3) is 2.24. The van der Waals surface area contributed by atoms with Crippen molar-refractivity contribution in [2.75, 3.05) is 0 Å². The van der Waals surface area contributed by atoms with Crippen LogP contribution >= 0.6 is 0 Å². The molecule has 3 nitrogen and oxygen atoms in total. The molecular weight excluding hydrogens is 233 g/mol. The van der Waals surface area contributed by atoms with Crippen LogP contribution in [0, 0.1) is 5.82 Å². The van der Waals surface area contributed by atoms with Gasteiger partial charge >= 0.3 is 5.97 Å².